The van der Waals surface area contributed by atoms with Crippen molar-refractivity contribution in [1.29, 1.82) is 0 Å². The smallest absolute Gasteiger partial charge is 0.329 e. The molecule has 0 aromatic carbocycles. The number of nitrogens with one attached hydrogen (secondary N) is 2. The Labute approximate surface area is 119 Å². The van der Waals surface area contributed by atoms with E-state index in [-0.39, 0.29) is 11.5 Å². The van der Waals surface area contributed by atoms with E-state index < -0.39 is 4.92 Å². The maximum Gasteiger partial charge on any atom is 0.329 e. The predicted molar refractivity (Wildman–Crippen MR) is 77.0 cm³/mol. The predicted octanol–water partition coefficient (Wildman–Crippen LogP) is 2.19. The molecule has 0 amide bonds. The van der Waals surface area contributed by atoms with Crippen molar-refractivity contribution in [1.82, 2.24) is 15.0 Å². The van der Waals surface area contributed by atoms with E-state index in [4.69, 9.17) is 0 Å². The third-order valence-electron chi connectivity index (χ3n) is 2.40. The van der Waals surface area contributed by atoms with Gasteiger partial charge >= 0.3 is 5.69 Å². The Morgan fingerprint density at radius 3 is 2.75 bits per heavy atom. The molecule has 20 heavy (non-hydrogen) atoms. The number of thiazole rings is 1. The topological polar surface area (TPSA) is 106 Å². The quantitative estimate of drug-likeness (QED) is 0.621. The van der Waals surface area contributed by atoms with Gasteiger partial charge in [0.25, 0.3) is 0 Å². The molecule has 2 aromatic heterocycles. The number of aromatic nitrogens is 3. The van der Waals surface area contributed by atoms with Crippen LogP contribution in [0.5, 0.6) is 0 Å². The lowest BCUT2D eigenvalue weighted by Crippen LogP contribution is -2.08. The lowest BCUT2D eigenvalue weighted by molar-refractivity contribution is -0.384. The van der Waals surface area contributed by atoms with E-state index in [1.54, 1.807) is 6.20 Å². The molecule has 0 saturated carbocycles. The number of hydrogen-bond donors (Lipinski definition) is 2. The Hall–Kier alpha value is -2.29. The molecule has 2 rings (SSSR count). The van der Waals surface area contributed by atoms with E-state index in [9.17, 15) is 10.1 Å². The Morgan fingerprint density at radius 2 is 2.15 bits per heavy atom. The molecule has 0 fully saturated rings. The molecule has 0 aliphatic rings. The summed E-state index contributed by atoms with van der Waals surface area (Å²) in [6.07, 6.45) is 2.94. The molecule has 0 aliphatic heterocycles. The summed E-state index contributed by atoms with van der Waals surface area (Å²) >= 11 is 1.53. The average molecular weight is 294 g/mol. The monoisotopic (exact) mass is 294 g/mol. The van der Waals surface area contributed by atoms with Crippen molar-refractivity contribution in [2.45, 2.75) is 20.4 Å². The molecule has 2 heterocycles. The van der Waals surface area contributed by atoms with Crippen LogP contribution in [0.4, 0.5) is 17.5 Å². The highest BCUT2D eigenvalue weighted by Gasteiger charge is 2.17. The normalized spacial score (nSPS) is 10.3. The summed E-state index contributed by atoms with van der Waals surface area (Å²) in [4.78, 5) is 23.6. The van der Waals surface area contributed by atoms with Gasteiger partial charge in [-0.25, -0.2) is 9.97 Å². The van der Waals surface area contributed by atoms with Crippen molar-refractivity contribution in [3.05, 3.63) is 32.4 Å². The summed E-state index contributed by atoms with van der Waals surface area (Å²) in [7, 11) is 0. The van der Waals surface area contributed by atoms with Gasteiger partial charge in [0.1, 0.15) is 6.20 Å². The van der Waals surface area contributed by atoms with Crippen molar-refractivity contribution >= 4 is 28.8 Å². The lowest BCUT2D eigenvalue weighted by Gasteiger charge is -2.07. The zero-order chi connectivity index (χ0) is 14.5. The largest absolute Gasteiger partial charge is 0.359 e. The number of anilines is 2. The highest BCUT2D eigenvalue weighted by molar-refractivity contribution is 7.11. The van der Waals surface area contributed by atoms with Crippen molar-refractivity contribution in [3.8, 4) is 0 Å². The average Bonchev–Trinajstić information content (AvgIpc) is 2.82. The van der Waals surface area contributed by atoms with Gasteiger partial charge in [0.15, 0.2) is 0 Å². The number of hydrogen-bond acceptors (Lipinski definition) is 8. The highest BCUT2D eigenvalue weighted by atomic mass is 32.1. The molecular weight excluding hydrogens is 280 g/mol. The first-order valence-corrected chi connectivity index (χ1v) is 6.82. The molecule has 2 N–H and O–H groups in total. The van der Waals surface area contributed by atoms with E-state index >= 15 is 0 Å². The summed E-state index contributed by atoms with van der Waals surface area (Å²) in [5, 5.41) is 17.8. The molecule has 106 valence electrons. The van der Waals surface area contributed by atoms with E-state index in [0.29, 0.717) is 19.0 Å². The van der Waals surface area contributed by atoms with Crippen molar-refractivity contribution in [3.63, 3.8) is 0 Å². The van der Waals surface area contributed by atoms with Crippen molar-refractivity contribution in [2.75, 3.05) is 17.2 Å². The van der Waals surface area contributed by atoms with Gasteiger partial charge in [0.2, 0.25) is 11.8 Å². The molecule has 8 nitrogen and oxygen atoms in total. The fourth-order valence-corrected chi connectivity index (χ4v) is 2.27. The number of rotatable bonds is 6. The van der Waals surface area contributed by atoms with Crippen LogP contribution in [0.3, 0.4) is 0 Å². The summed E-state index contributed by atoms with van der Waals surface area (Å²) in [5.41, 5.74) is -0.145. The summed E-state index contributed by atoms with van der Waals surface area (Å²) in [6, 6.07) is 0. The first-order chi connectivity index (χ1) is 9.60. The van der Waals surface area contributed by atoms with Crippen molar-refractivity contribution in [2.24, 2.45) is 0 Å². The highest BCUT2D eigenvalue weighted by Crippen LogP contribution is 2.23. The third-order valence-corrected chi connectivity index (χ3v) is 3.31. The van der Waals surface area contributed by atoms with Gasteiger partial charge < -0.3 is 10.6 Å². The van der Waals surface area contributed by atoms with Crippen LogP contribution >= 0.6 is 11.3 Å². The minimum absolute atomic E-state index is 0.145. The van der Waals surface area contributed by atoms with Crippen LogP contribution in [-0.4, -0.2) is 26.4 Å². The maximum absolute atomic E-state index is 11.0. The molecule has 2 aromatic rings. The Kier molecular flexibility index (Phi) is 4.41. The number of nitro groups is 1. The fourth-order valence-electron chi connectivity index (χ4n) is 1.54. The molecule has 0 radical (unpaired) electrons. The number of aryl methyl sites for hydroxylation is 1. The van der Waals surface area contributed by atoms with E-state index in [2.05, 4.69) is 25.6 Å². The minimum atomic E-state index is -0.504. The standard InChI is InChI=1S/C11H14N6O2S/c1-3-12-11-15-6-9(17(18)19)10(16-11)14-5-8-4-13-7(2)20-8/h4,6H,3,5H2,1-2H3,(H2,12,14,15,16). The van der Waals surface area contributed by atoms with E-state index in [0.717, 1.165) is 9.88 Å². The van der Waals surface area contributed by atoms with Crippen LogP contribution in [0.2, 0.25) is 0 Å². The SMILES string of the molecule is CCNc1ncc([N+](=O)[O-])c(NCc2cnc(C)s2)n1. The first kappa shape index (κ1) is 14.1. The van der Waals surface area contributed by atoms with Gasteiger partial charge in [-0.1, -0.05) is 0 Å². The van der Waals surface area contributed by atoms with Crippen LogP contribution in [0.15, 0.2) is 12.4 Å². The number of nitrogens with zero attached hydrogens (tertiary/aromatic N) is 4. The Balaban J connectivity index is 2.18. The lowest BCUT2D eigenvalue weighted by atomic mass is 10.4. The van der Waals surface area contributed by atoms with Crippen LogP contribution in [0, 0.1) is 17.0 Å². The zero-order valence-corrected chi connectivity index (χ0v) is 11.9. The van der Waals surface area contributed by atoms with Crippen molar-refractivity contribution < 1.29 is 4.92 Å². The molecule has 0 atom stereocenters. The minimum Gasteiger partial charge on any atom is -0.359 e. The van der Waals surface area contributed by atoms with Crippen LogP contribution < -0.4 is 10.6 Å². The molecular formula is C11H14N6O2S. The van der Waals surface area contributed by atoms with Gasteiger partial charge in [-0.2, -0.15) is 4.98 Å². The Bertz CT molecular complexity index is 615. The van der Waals surface area contributed by atoms with Gasteiger partial charge in [-0.05, 0) is 13.8 Å². The second-order valence-corrected chi connectivity index (χ2v) is 5.23. The van der Waals surface area contributed by atoms with E-state index in [1.807, 2.05) is 13.8 Å². The second-order valence-electron chi connectivity index (χ2n) is 3.91. The molecule has 0 bridgehead atoms. The van der Waals surface area contributed by atoms with Crippen LogP contribution in [0.25, 0.3) is 0 Å². The van der Waals surface area contributed by atoms with Gasteiger partial charge in [0.05, 0.1) is 16.5 Å². The van der Waals surface area contributed by atoms with Crippen LogP contribution in [-0.2, 0) is 6.54 Å². The summed E-state index contributed by atoms with van der Waals surface area (Å²) < 4.78 is 0. The van der Waals surface area contributed by atoms with Gasteiger partial charge in [-0.15, -0.1) is 11.3 Å². The molecule has 0 spiro atoms. The van der Waals surface area contributed by atoms with Gasteiger partial charge in [-0.3, -0.25) is 10.1 Å². The molecule has 9 heteroatoms. The summed E-state index contributed by atoms with van der Waals surface area (Å²) in [6.45, 7) is 4.89. The molecule has 0 saturated heterocycles. The molecule has 0 unspecified atom stereocenters. The zero-order valence-electron chi connectivity index (χ0n) is 11.1. The third kappa shape index (κ3) is 3.38. The fraction of sp³-hybridized carbons (Fsp3) is 0.364. The summed E-state index contributed by atoms with van der Waals surface area (Å²) in [5.74, 6) is 0.563. The maximum atomic E-state index is 11.0. The van der Waals surface area contributed by atoms with Crippen LogP contribution in [0.1, 0.15) is 16.8 Å². The Morgan fingerprint density at radius 1 is 1.35 bits per heavy atom. The second kappa shape index (κ2) is 6.24. The first-order valence-electron chi connectivity index (χ1n) is 6.00. The van der Waals surface area contributed by atoms with E-state index in [1.165, 1.54) is 17.5 Å². The molecule has 0 aliphatic carbocycles. The van der Waals surface area contributed by atoms with Gasteiger partial charge in [0, 0.05) is 17.6 Å².